The molecule has 7 nitrogen and oxygen atoms in total. The molecule has 4 rings (SSSR count). The van der Waals surface area contributed by atoms with Crippen molar-refractivity contribution in [3.05, 3.63) is 75.1 Å². The number of nitro benzene ring substituents is 1. The van der Waals surface area contributed by atoms with Crippen LogP contribution in [0.15, 0.2) is 53.1 Å². The van der Waals surface area contributed by atoms with Crippen LogP contribution in [0.1, 0.15) is 31.1 Å². The van der Waals surface area contributed by atoms with E-state index in [9.17, 15) is 10.1 Å². The first-order valence-electron chi connectivity index (χ1n) is 10.4. The van der Waals surface area contributed by atoms with E-state index in [-0.39, 0.29) is 5.69 Å². The highest BCUT2D eigenvalue weighted by molar-refractivity contribution is 6.30. The van der Waals surface area contributed by atoms with Crippen LogP contribution in [0.5, 0.6) is 0 Å². The summed E-state index contributed by atoms with van der Waals surface area (Å²) in [4.78, 5) is 17.8. The van der Waals surface area contributed by atoms with Gasteiger partial charge < -0.3 is 14.6 Å². The fourth-order valence-electron chi connectivity index (χ4n) is 3.76. The molecule has 0 bridgehead atoms. The van der Waals surface area contributed by atoms with Gasteiger partial charge in [0.2, 0.25) is 0 Å². The lowest BCUT2D eigenvalue weighted by Gasteiger charge is -2.31. The van der Waals surface area contributed by atoms with Crippen molar-refractivity contribution >= 4 is 23.1 Å². The van der Waals surface area contributed by atoms with Gasteiger partial charge in [-0.3, -0.25) is 10.1 Å². The van der Waals surface area contributed by atoms with Gasteiger partial charge in [-0.05, 0) is 54.7 Å². The molecule has 3 heterocycles. The Morgan fingerprint density at radius 2 is 2.00 bits per heavy atom. The molecule has 8 heteroatoms. The number of rotatable bonds is 7. The predicted octanol–water partition coefficient (Wildman–Crippen LogP) is 5.43. The third-order valence-corrected chi connectivity index (χ3v) is 5.86. The number of benzene rings is 1. The molecule has 1 aromatic carbocycles. The lowest BCUT2D eigenvalue weighted by molar-refractivity contribution is -0.384. The number of halogens is 1. The van der Waals surface area contributed by atoms with E-state index in [1.807, 2.05) is 12.3 Å². The van der Waals surface area contributed by atoms with Crippen molar-refractivity contribution in [2.75, 3.05) is 18.0 Å². The van der Waals surface area contributed by atoms with Crippen molar-refractivity contribution in [3.63, 3.8) is 0 Å². The molecule has 1 aliphatic heterocycles. The van der Waals surface area contributed by atoms with E-state index in [0.29, 0.717) is 35.2 Å². The topological polar surface area (TPSA) is 84.4 Å². The zero-order valence-corrected chi connectivity index (χ0v) is 18.1. The van der Waals surface area contributed by atoms with Crippen molar-refractivity contribution in [2.24, 2.45) is 5.92 Å². The Morgan fingerprint density at radius 1 is 1.19 bits per heavy atom. The van der Waals surface area contributed by atoms with Crippen molar-refractivity contribution in [3.8, 4) is 11.3 Å². The summed E-state index contributed by atoms with van der Waals surface area (Å²) in [5.74, 6) is 2.98. The maximum atomic E-state index is 11.3. The largest absolute Gasteiger partial charge is 0.459 e. The number of aromatic nitrogens is 1. The Labute approximate surface area is 186 Å². The zero-order chi connectivity index (χ0) is 21.8. The van der Waals surface area contributed by atoms with E-state index in [2.05, 4.69) is 34.3 Å². The molecule has 0 radical (unpaired) electrons. The second kappa shape index (κ2) is 9.49. The molecule has 0 spiro atoms. The molecule has 0 saturated carbocycles. The number of hydrogen-bond acceptors (Lipinski definition) is 6. The van der Waals surface area contributed by atoms with Crippen LogP contribution in [0.4, 0.5) is 11.5 Å². The number of anilines is 1. The third kappa shape index (κ3) is 5.24. The Kier molecular flexibility index (Phi) is 6.53. The average molecular weight is 441 g/mol. The molecular formula is C23H25ClN4O3. The zero-order valence-electron chi connectivity index (χ0n) is 17.4. The molecule has 0 atom stereocenters. The van der Waals surface area contributed by atoms with Crippen LogP contribution < -0.4 is 10.2 Å². The Hall–Kier alpha value is -2.90. The summed E-state index contributed by atoms with van der Waals surface area (Å²) in [6.45, 7) is 5.60. The monoisotopic (exact) mass is 440 g/mol. The molecule has 0 unspecified atom stereocenters. The van der Waals surface area contributed by atoms with Gasteiger partial charge in [0.25, 0.3) is 5.69 Å². The maximum Gasteiger partial charge on any atom is 0.281 e. The molecular weight excluding hydrogens is 416 g/mol. The number of hydrogen-bond donors (Lipinski definition) is 1. The SMILES string of the molecule is CC1CCN(c2ccc(CNCc3ccc(-c4ccc(Cl)cc4[N+](=O)[O-])o3)cn2)CC1. The Balaban J connectivity index is 1.33. The molecule has 1 fully saturated rings. The van der Waals surface area contributed by atoms with Gasteiger partial charge in [-0.2, -0.15) is 0 Å². The molecule has 1 saturated heterocycles. The molecule has 0 amide bonds. The van der Waals surface area contributed by atoms with Gasteiger partial charge in [-0.15, -0.1) is 0 Å². The summed E-state index contributed by atoms with van der Waals surface area (Å²) >= 11 is 5.89. The number of pyridine rings is 1. The number of nitro groups is 1. The fraction of sp³-hybridized carbons (Fsp3) is 0.348. The second-order valence-corrected chi connectivity index (χ2v) is 8.42. The van der Waals surface area contributed by atoms with Gasteiger partial charge in [0.05, 0.1) is 17.0 Å². The number of nitrogens with one attached hydrogen (secondary N) is 1. The Bertz CT molecular complexity index is 1040. The molecule has 3 aromatic rings. The molecule has 1 N–H and O–H groups in total. The van der Waals surface area contributed by atoms with Crippen molar-refractivity contribution in [2.45, 2.75) is 32.9 Å². The van der Waals surface area contributed by atoms with Crippen LogP contribution in [0.3, 0.4) is 0 Å². The summed E-state index contributed by atoms with van der Waals surface area (Å²) in [6, 6.07) is 12.3. The van der Waals surface area contributed by atoms with Gasteiger partial charge in [0.1, 0.15) is 17.3 Å². The Morgan fingerprint density at radius 3 is 2.71 bits per heavy atom. The van der Waals surface area contributed by atoms with Gasteiger partial charge >= 0.3 is 0 Å². The van der Waals surface area contributed by atoms with Crippen LogP contribution >= 0.6 is 11.6 Å². The highest BCUT2D eigenvalue weighted by atomic mass is 35.5. The number of nitrogens with zero attached hydrogens (tertiary/aromatic N) is 3. The first kappa shape index (κ1) is 21.3. The van der Waals surface area contributed by atoms with Gasteiger partial charge in [0.15, 0.2) is 0 Å². The van der Waals surface area contributed by atoms with E-state index >= 15 is 0 Å². The average Bonchev–Trinajstić information content (AvgIpc) is 3.23. The quantitative estimate of drug-likeness (QED) is 0.389. The number of piperidine rings is 1. The summed E-state index contributed by atoms with van der Waals surface area (Å²) in [5.41, 5.74) is 1.43. The van der Waals surface area contributed by atoms with Crippen LogP contribution in [-0.2, 0) is 13.1 Å². The molecule has 1 aliphatic rings. The highest BCUT2D eigenvalue weighted by Gasteiger charge is 2.19. The lowest BCUT2D eigenvalue weighted by atomic mass is 9.99. The minimum absolute atomic E-state index is 0.0734. The maximum absolute atomic E-state index is 11.3. The molecule has 31 heavy (non-hydrogen) atoms. The van der Waals surface area contributed by atoms with E-state index < -0.39 is 4.92 Å². The fourth-order valence-corrected chi connectivity index (χ4v) is 3.92. The summed E-state index contributed by atoms with van der Waals surface area (Å²) in [5, 5.41) is 15.0. The van der Waals surface area contributed by atoms with E-state index in [0.717, 1.165) is 30.4 Å². The summed E-state index contributed by atoms with van der Waals surface area (Å²) in [6.07, 6.45) is 4.34. The van der Waals surface area contributed by atoms with E-state index in [4.69, 9.17) is 16.0 Å². The molecule has 162 valence electrons. The van der Waals surface area contributed by atoms with Crippen molar-refractivity contribution in [1.82, 2.24) is 10.3 Å². The first-order valence-corrected chi connectivity index (χ1v) is 10.8. The second-order valence-electron chi connectivity index (χ2n) is 7.98. The van der Waals surface area contributed by atoms with Crippen molar-refractivity contribution in [1.29, 1.82) is 0 Å². The highest BCUT2D eigenvalue weighted by Crippen LogP contribution is 2.33. The van der Waals surface area contributed by atoms with E-state index in [1.165, 1.54) is 18.9 Å². The van der Waals surface area contributed by atoms with Crippen LogP contribution in [-0.4, -0.2) is 23.0 Å². The minimum atomic E-state index is -0.456. The standard InChI is InChI=1S/C23H25ClN4O3/c1-16-8-10-27(11-9-16)23-7-2-17(14-26-23)13-25-15-19-4-6-22(31-19)20-5-3-18(24)12-21(20)28(29)30/h2-7,12,14,16,25H,8-11,13,15H2,1H3. The van der Waals surface area contributed by atoms with E-state index in [1.54, 1.807) is 18.2 Å². The van der Waals surface area contributed by atoms with Crippen LogP contribution in [0.25, 0.3) is 11.3 Å². The molecule has 2 aromatic heterocycles. The van der Waals surface area contributed by atoms with Crippen molar-refractivity contribution < 1.29 is 9.34 Å². The van der Waals surface area contributed by atoms with Gasteiger partial charge in [0, 0.05) is 36.9 Å². The van der Waals surface area contributed by atoms with Gasteiger partial charge in [-0.1, -0.05) is 24.6 Å². The lowest BCUT2D eigenvalue weighted by Crippen LogP contribution is -2.33. The minimum Gasteiger partial charge on any atom is -0.459 e. The molecule has 0 aliphatic carbocycles. The third-order valence-electron chi connectivity index (χ3n) is 5.63. The van der Waals surface area contributed by atoms with Gasteiger partial charge in [-0.25, -0.2) is 4.98 Å². The normalized spacial score (nSPS) is 14.7. The van der Waals surface area contributed by atoms with Crippen LogP contribution in [0.2, 0.25) is 5.02 Å². The summed E-state index contributed by atoms with van der Waals surface area (Å²) < 4.78 is 5.81. The smallest absolute Gasteiger partial charge is 0.281 e. The predicted molar refractivity (Wildman–Crippen MR) is 121 cm³/mol. The van der Waals surface area contributed by atoms with Crippen LogP contribution in [0, 0.1) is 16.0 Å². The number of furan rings is 1. The first-order chi connectivity index (χ1) is 15.0. The summed E-state index contributed by atoms with van der Waals surface area (Å²) in [7, 11) is 0.